The molecule has 110 valence electrons. The molecule has 1 aliphatic heterocycles. The van der Waals surface area contributed by atoms with E-state index in [0.717, 1.165) is 24.7 Å². The minimum Gasteiger partial charge on any atom is -0.374 e. The summed E-state index contributed by atoms with van der Waals surface area (Å²) >= 11 is 7.92. The summed E-state index contributed by atoms with van der Waals surface area (Å²) in [6.07, 6.45) is 1.89. The summed E-state index contributed by atoms with van der Waals surface area (Å²) < 4.78 is 5.95. The van der Waals surface area contributed by atoms with Crippen molar-refractivity contribution in [3.8, 4) is 0 Å². The van der Waals surface area contributed by atoms with E-state index in [-0.39, 0.29) is 11.4 Å². The maximum atomic E-state index is 6.25. The van der Waals surface area contributed by atoms with Crippen LogP contribution in [0.15, 0.2) is 53.7 Å². The van der Waals surface area contributed by atoms with Crippen LogP contribution >= 0.6 is 23.4 Å². The van der Waals surface area contributed by atoms with E-state index in [1.165, 1.54) is 5.56 Å². The summed E-state index contributed by atoms with van der Waals surface area (Å²) in [5.41, 5.74) is 1.23. The molecule has 1 aliphatic rings. The Morgan fingerprint density at radius 2 is 2.10 bits per heavy atom. The molecule has 2 heterocycles. The van der Waals surface area contributed by atoms with Crippen molar-refractivity contribution in [1.29, 1.82) is 0 Å². The lowest BCUT2D eigenvalue weighted by atomic mass is 10.1. The molecule has 3 rings (SSSR count). The van der Waals surface area contributed by atoms with E-state index < -0.39 is 0 Å². The molecule has 21 heavy (non-hydrogen) atoms. The van der Waals surface area contributed by atoms with Gasteiger partial charge in [0, 0.05) is 19.3 Å². The number of thioether (sulfide) groups is 1. The first kappa shape index (κ1) is 14.9. The summed E-state index contributed by atoms with van der Waals surface area (Å²) in [4.78, 5) is 4.39. The van der Waals surface area contributed by atoms with Crippen LogP contribution in [-0.4, -0.2) is 30.8 Å². The number of ether oxygens (including phenoxy) is 1. The van der Waals surface area contributed by atoms with Crippen LogP contribution in [0.3, 0.4) is 0 Å². The molecule has 0 saturated carbocycles. The van der Waals surface area contributed by atoms with Gasteiger partial charge in [0.15, 0.2) is 0 Å². The SMILES string of the molecule is Clc1cccnc1SC(c1ccccc1)C1CNCCO1. The van der Waals surface area contributed by atoms with Crippen LogP contribution in [0, 0.1) is 0 Å². The van der Waals surface area contributed by atoms with E-state index in [1.54, 1.807) is 18.0 Å². The van der Waals surface area contributed by atoms with Gasteiger partial charge in [0.2, 0.25) is 0 Å². The fourth-order valence-electron chi connectivity index (χ4n) is 2.36. The van der Waals surface area contributed by atoms with E-state index in [4.69, 9.17) is 16.3 Å². The Morgan fingerprint density at radius 1 is 1.24 bits per heavy atom. The third-order valence-electron chi connectivity index (χ3n) is 3.39. The molecule has 1 N–H and O–H groups in total. The van der Waals surface area contributed by atoms with Gasteiger partial charge < -0.3 is 10.1 Å². The summed E-state index contributed by atoms with van der Waals surface area (Å²) in [5, 5.41) is 5.10. The van der Waals surface area contributed by atoms with Gasteiger partial charge in [-0.05, 0) is 17.7 Å². The molecule has 0 aliphatic carbocycles. The normalized spacial score (nSPS) is 20.1. The number of hydrogen-bond donors (Lipinski definition) is 1. The molecule has 5 heteroatoms. The minimum absolute atomic E-state index is 0.115. The zero-order chi connectivity index (χ0) is 14.5. The molecule has 2 unspecified atom stereocenters. The Labute approximate surface area is 134 Å². The van der Waals surface area contributed by atoms with Crippen LogP contribution in [0.25, 0.3) is 0 Å². The lowest BCUT2D eigenvalue weighted by Gasteiger charge is -2.30. The first-order chi connectivity index (χ1) is 10.3. The maximum absolute atomic E-state index is 6.25. The molecule has 0 radical (unpaired) electrons. The third kappa shape index (κ3) is 3.77. The van der Waals surface area contributed by atoms with Gasteiger partial charge in [-0.25, -0.2) is 4.98 Å². The summed E-state index contributed by atoms with van der Waals surface area (Å²) in [6, 6.07) is 14.1. The zero-order valence-corrected chi connectivity index (χ0v) is 13.1. The fraction of sp³-hybridized carbons (Fsp3) is 0.312. The number of hydrogen-bond acceptors (Lipinski definition) is 4. The number of morpholine rings is 1. The number of halogens is 1. The van der Waals surface area contributed by atoms with Crippen molar-refractivity contribution in [1.82, 2.24) is 10.3 Å². The second kappa shape index (κ2) is 7.27. The van der Waals surface area contributed by atoms with Crippen LogP contribution < -0.4 is 5.32 Å². The highest BCUT2D eigenvalue weighted by Crippen LogP contribution is 2.40. The average molecular weight is 321 g/mol. The van der Waals surface area contributed by atoms with Crippen LogP contribution in [0.4, 0.5) is 0 Å². The summed E-state index contributed by atoms with van der Waals surface area (Å²) in [5.74, 6) is 0. The fourth-order valence-corrected chi connectivity index (χ4v) is 3.78. The Bertz CT molecular complexity index is 575. The van der Waals surface area contributed by atoms with E-state index in [2.05, 4.69) is 34.6 Å². The first-order valence-electron chi connectivity index (χ1n) is 6.99. The van der Waals surface area contributed by atoms with Gasteiger partial charge in [0.05, 0.1) is 23.0 Å². The molecule has 3 nitrogen and oxygen atoms in total. The highest BCUT2D eigenvalue weighted by Gasteiger charge is 2.27. The first-order valence-corrected chi connectivity index (χ1v) is 8.25. The predicted octanol–water partition coefficient (Wildman–Crippen LogP) is 3.56. The standard InChI is InChI=1S/C16H17ClN2OS/c17-13-7-4-8-19-16(13)21-15(12-5-2-1-3-6-12)14-11-18-9-10-20-14/h1-8,14-15,18H,9-11H2. The molecule has 0 spiro atoms. The molecule has 1 fully saturated rings. The van der Waals surface area contributed by atoms with Crippen molar-refractivity contribution in [3.63, 3.8) is 0 Å². The van der Waals surface area contributed by atoms with Gasteiger partial charge in [-0.2, -0.15) is 0 Å². The molecule has 2 aromatic rings. The van der Waals surface area contributed by atoms with E-state index in [9.17, 15) is 0 Å². The van der Waals surface area contributed by atoms with E-state index in [1.807, 2.05) is 18.2 Å². The molecular weight excluding hydrogens is 304 g/mol. The van der Waals surface area contributed by atoms with Gasteiger partial charge in [0.25, 0.3) is 0 Å². The zero-order valence-electron chi connectivity index (χ0n) is 11.5. The smallest absolute Gasteiger partial charge is 0.115 e. The molecular formula is C16H17ClN2OS. The van der Waals surface area contributed by atoms with Gasteiger partial charge in [-0.3, -0.25) is 0 Å². The van der Waals surface area contributed by atoms with E-state index in [0.29, 0.717) is 5.02 Å². The molecule has 2 atom stereocenters. The van der Waals surface area contributed by atoms with Crippen molar-refractivity contribution in [2.24, 2.45) is 0 Å². The molecule has 1 aromatic carbocycles. The van der Waals surface area contributed by atoms with Crippen molar-refractivity contribution < 1.29 is 4.74 Å². The molecule has 0 bridgehead atoms. The van der Waals surface area contributed by atoms with Crippen LogP contribution in [-0.2, 0) is 4.74 Å². The summed E-state index contributed by atoms with van der Waals surface area (Å²) in [7, 11) is 0. The Hall–Kier alpha value is -1.07. The van der Waals surface area contributed by atoms with Crippen molar-refractivity contribution in [2.45, 2.75) is 16.4 Å². The number of rotatable bonds is 4. The van der Waals surface area contributed by atoms with E-state index >= 15 is 0 Å². The van der Waals surface area contributed by atoms with Gasteiger partial charge >= 0.3 is 0 Å². The van der Waals surface area contributed by atoms with Crippen LogP contribution in [0.1, 0.15) is 10.8 Å². The molecule has 0 amide bonds. The Kier molecular flexibility index (Phi) is 5.14. The lowest BCUT2D eigenvalue weighted by molar-refractivity contribution is 0.0273. The number of nitrogens with zero attached hydrogens (tertiary/aromatic N) is 1. The van der Waals surface area contributed by atoms with Crippen molar-refractivity contribution in [2.75, 3.05) is 19.7 Å². The predicted molar refractivity (Wildman–Crippen MR) is 86.9 cm³/mol. The maximum Gasteiger partial charge on any atom is 0.115 e. The average Bonchev–Trinajstić information content (AvgIpc) is 2.56. The minimum atomic E-state index is 0.115. The third-order valence-corrected chi connectivity index (χ3v) is 5.18. The number of pyridine rings is 1. The highest BCUT2D eigenvalue weighted by atomic mass is 35.5. The second-order valence-electron chi connectivity index (χ2n) is 4.85. The van der Waals surface area contributed by atoms with Crippen molar-refractivity contribution >= 4 is 23.4 Å². The highest BCUT2D eigenvalue weighted by molar-refractivity contribution is 7.99. The summed E-state index contributed by atoms with van der Waals surface area (Å²) in [6.45, 7) is 2.49. The Morgan fingerprint density at radius 3 is 2.81 bits per heavy atom. The number of benzene rings is 1. The number of nitrogens with one attached hydrogen (secondary N) is 1. The molecule has 1 aromatic heterocycles. The Balaban J connectivity index is 1.87. The largest absolute Gasteiger partial charge is 0.374 e. The second-order valence-corrected chi connectivity index (χ2v) is 6.39. The number of aromatic nitrogens is 1. The van der Waals surface area contributed by atoms with Crippen LogP contribution in [0.2, 0.25) is 5.02 Å². The van der Waals surface area contributed by atoms with Gasteiger partial charge in [-0.15, -0.1) is 0 Å². The van der Waals surface area contributed by atoms with Gasteiger partial charge in [-0.1, -0.05) is 53.7 Å². The van der Waals surface area contributed by atoms with Crippen LogP contribution in [0.5, 0.6) is 0 Å². The molecule has 1 saturated heterocycles. The quantitative estimate of drug-likeness (QED) is 0.874. The lowest BCUT2D eigenvalue weighted by Crippen LogP contribution is -2.41. The topological polar surface area (TPSA) is 34.2 Å². The van der Waals surface area contributed by atoms with Crippen molar-refractivity contribution in [3.05, 3.63) is 59.2 Å². The monoisotopic (exact) mass is 320 g/mol. The van der Waals surface area contributed by atoms with Gasteiger partial charge in [0.1, 0.15) is 5.03 Å².